The summed E-state index contributed by atoms with van der Waals surface area (Å²) in [6.07, 6.45) is -1.14. The first-order valence-corrected chi connectivity index (χ1v) is 3.85. The highest BCUT2D eigenvalue weighted by Crippen LogP contribution is 2.15. The molecular formula is C5H7N3O3S. The molecule has 2 N–H and O–H groups in total. The van der Waals surface area contributed by atoms with Crippen molar-refractivity contribution in [2.45, 2.75) is 6.61 Å². The minimum Gasteiger partial charge on any atom is -0.465 e. The van der Waals surface area contributed by atoms with Crippen molar-refractivity contribution < 1.29 is 14.6 Å². The second kappa shape index (κ2) is 3.98. The van der Waals surface area contributed by atoms with Crippen LogP contribution in [0.3, 0.4) is 0 Å². The summed E-state index contributed by atoms with van der Waals surface area (Å²) in [5.74, 6) is 0. The molecule has 0 atom stereocenters. The first kappa shape index (κ1) is 8.88. The van der Waals surface area contributed by atoms with Gasteiger partial charge in [-0.25, -0.2) is 4.79 Å². The molecule has 0 fully saturated rings. The highest BCUT2D eigenvalue weighted by molar-refractivity contribution is 7.15. The molecule has 0 aliphatic heterocycles. The third-order valence-corrected chi connectivity index (χ3v) is 1.76. The first-order chi connectivity index (χ1) is 5.72. The predicted molar refractivity (Wildman–Crippen MR) is 42.3 cm³/mol. The molecular weight excluding hydrogens is 182 g/mol. The lowest BCUT2D eigenvalue weighted by molar-refractivity contribution is 0.184. The van der Waals surface area contributed by atoms with Crippen molar-refractivity contribution in [3.63, 3.8) is 0 Å². The number of carboxylic acid groups (broad SMARTS) is 1. The average Bonchev–Trinajstić information content (AvgIpc) is 2.36. The van der Waals surface area contributed by atoms with Crippen molar-refractivity contribution in [2.75, 3.05) is 12.4 Å². The Bertz CT molecular complexity index is 275. The van der Waals surface area contributed by atoms with E-state index in [-0.39, 0.29) is 5.13 Å². The summed E-state index contributed by atoms with van der Waals surface area (Å²) in [5, 5.41) is 18.5. The number of amides is 1. The van der Waals surface area contributed by atoms with Crippen LogP contribution >= 0.6 is 11.3 Å². The maximum absolute atomic E-state index is 10.1. The van der Waals surface area contributed by atoms with E-state index in [1.165, 1.54) is 7.11 Å². The zero-order chi connectivity index (χ0) is 8.97. The molecule has 0 unspecified atom stereocenters. The van der Waals surface area contributed by atoms with Crippen LogP contribution in [-0.2, 0) is 11.3 Å². The normalized spacial score (nSPS) is 9.75. The zero-order valence-corrected chi connectivity index (χ0v) is 7.09. The van der Waals surface area contributed by atoms with Gasteiger partial charge in [-0.1, -0.05) is 11.3 Å². The van der Waals surface area contributed by atoms with Gasteiger partial charge in [-0.2, -0.15) is 0 Å². The van der Waals surface area contributed by atoms with Crippen molar-refractivity contribution in [3.05, 3.63) is 5.01 Å². The fourth-order valence-electron chi connectivity index (χ4n) is 0.577. The van der Waals surface area contributed by atoms with Gasteiger partial charge in [0.25, 0.3) is 0 Å². The summed E-state index contributed by atoms with van der Waals surface area (Å²) in [4.78, 5) is 10.1. The summed E-state index contributed by atoms with van der Waals surface area (Å²) < 4.78 is 4.78. The lowest BCUT2D eigenvalue weighted by atomic mass is 10.8. The van der Waals surface area contributed by atoms with Crippen molar-refractivity contribution >= 4 is 22.6 Å². The SMILES string of the molecule is COCc1nnc(NC(=O)O)s1. The number of hydrogen-bond acceptors (Lipinski definition) is 5. The monoisotopic (exact) mass is 189 g/mol. The number of nitrogens with zero attached hydrogens (tertiary/aromatic N) is 2. The van der Waals surface area contributed by atoms with Gasteiger partial charge in [0.2, 0.25) is 5.13 Å². The van der Waals surface area contributed by atoms with Gasteiger partial charge in [-0.3, -0.25) is 5.32 Å². The quantitative estimate of drug-likeness (QED) is 0.733. The second-order valence-electron chi connectivity index (χ2n) is 1.86. The van der Waals surface area contributed by atoms with E-state index in [4.69, 9.17) is 9.84 Å². The van der Waals surface area contributed by atoms with Crippen molar-refractivity contribution in [2.24, 2.45) is 0 Å². The van der Waals surface area contributed by atoms with Crippen LogP contribution in [0.2, 0.25) is 0 Å². The molecule has 7 heteroatoms. The maximum Gasteiger partial charge on any atom is 0.411 e. The minimum absolute atomic E-state index is 0.259. The van der Waals surface area contributed by atoms with Gasteiger partial charge in [0, 0.05) is 7.11 Å². The third kappa shape index (κ3) is 2.44. The van der Waals surface area contributed by atoms with E-state index in [1.807, 2.05) is 0 Å². The topological polar surface area (TPSA) is 84.3 Å². The largest absolute Gasteiger partial charge is 0.465 e. The van der Waals surface area contributed by atoms with Crippen LogP contribution in [0.1, 0.15) is 5.01 Å². The Kier molecular flexibility index (Phi) is 2.94. The molecule has 0 bridgehead atoms. The Morgan fingerprint density at radius 1 is 1.75 bits per heavy atom. The van der Waals surface area contributed by atoms with Gasteiger partial charge in [0.15, 0.2) is 0 Å². The summed E-state index contributed by atoms with van der Waals surface area (Å²) in [7, 11) is 1.53. The fourth-order valence-corrected chi connectivity index (χ4v) is 1.28. The van der Waals surface area contributed by atoms with E-state index in [1.54, 1.807) is 0 Å². The molecule has 66 valence electrons. The standard InChI is InChI=1S/C5H7N3O3S/c1-11-2-3-7-8-4(12-3)6-5(9)10/h2H2,1H3,(H,6,8)(H,9,10). The molecule has 1 rings (SSSR count). The molecule has 0 saturated carbocycles. The number of carbonyl (C=O) groups is 1. The Labute approximate surface area is 72.2 Å². The van der Waals surface area contributed by atoms with Gasteiger partial charge in [0.05, 0.1) is 0 Å². The number of nitrogens with one attached hydrogen (secondary N) is 1. The molecule has 6 nitrogen and oxygen atoms in total. The van der Waals surface area contributed by atoms with Crippen LogP contribution in [0.25, 0.3) is 0 Å². The van der Waals surface area contributed by atoms with Crippen LogP contribution in [0, 0.1) is 0 Å². The molecule has 1 heterocycles. The number of methoxy groups -OCH3 is 1. The number of aromatic nitrogens is 2. The highest BCUT2D eigenvalue weighted by atomic mass is 32.1. The molecule has 1 amide bonds. The van der Waals surface area contributed by atoms with Crippen molar-refractivity contribution in [1.82, 2.24) is 10.2 Å². The molecule has 0 saturated heterocycles. The molecule has 0 aromatic carbocycles. The van der Waals surface area contributed by atoms with E-state index >= 15 is 0 Å². The van der Waals surface area contributed by atoms with Gasteiger partial charge in [-0.05, 0) is 0 Å². The minimum atomic E-state index is -1.14. The van der Waals surface area contributed by atoms with Crippen molar-refractivity contribution in [1.29, 1.82) is 0 Å². The van der Waals surface area contributed by atoms with Gasteiger partial charge in [-0.15, -0.1) is 10.2 Å². The fraction of sp³-hybridized carbons (Fsp3) is 0.400. The summed E-state index contributed by atoms with van der Waals surface area (Å²) in [6, 6.07) is 0. The number of hydrogen-bond donors (Lipinski definition) is 2. The predicted octanol–water partition coefficient (Wildman–Crippen LogP) is 0.774. The lowest BCUT2D eigenvalue weighted by Crippen LogP contribution is -2.06. The molecule has 12 heavy (non-hydrogen) atoms. The Balaban J connectivity index is 2.58. The van der Waals surface area contributed by atoms with E-state index in [0.29, 0.717) is 11.6 Å². The average molecular weight is 189 g/mol. The Morgan fingerprint density at radius 2 is 2.50 bits per heavy atom. The van der Waals surface area contributed by atoms with E-state index in [9.17, 15) is 4.79 Å². The van der Waals surface area contributed by atoms with Crippen LogP contribution in [0.15, 0.2) is 0 Å². The van der Waals surface area contributed by atoms with E-state index in [0.717, 1.165) is 11.3 Å². The summed E-state index contributed by atoms with van der Waals surface area (Å²) in [5.41, 5.74) is 0. The van der Waals surface area contributed by atoms with Gasteiger partial charge >= 0.3 is 6.09 Å². The van der Waals surface area contributed by atoms with Crippen molar-refractivity contribution in [3.8, 4) is 0 Å². The molecule has 0 aliphatic rings. The molecule has 0 aliphatic carbocycles. The Morgan fingerprint density at radius 3 is 3.08 bits per heavy atom. The number of anilines is 1. The van der Waals surface area contributed by atoms with E-state index < -0.39 is 6.09 Å². The zero-order valence-electron chi connectivity index (χ0n) is 6.27. The second-order valence-corrected chi connectivity index (χ2v) is 2.93. The number of rotatable bonds is 3. The van der Waals surface area contributed by atoms with Crippen LogP contribution in [0.4, 0.5) is 9.93 Å². The molecule has 1 aromatic rings. The van der Waals surface area contributed by atoms with Gasteiger partial charge in [0.1, 0.15) is 11.6 Å². The van der Waals surface area contributed by atoms with Gasteiger partial charge < -0.3 is 9.84 Å². The smallest absolute Gasteiger partial charge is 0.411 e. The molecule has 1 aromatic heterocycles. The van der Waals surface area contributed by atoms with Crippen LogP contribution in [-0.4, -0.2) is 28.5 Å². The van der Waals surface area contributed by atoms with E-state index in [2.05, 4.69) is 15.5 Å². The number of ether oxygens (including phenoxy) is 1. The Hall–Kier alpha value is -1.21. The first-order valence-electron chi connectivity index (χ1n) is 3.03. The maximum atomic E-state index is 10.1. The molecule has 0 spiro atoms. The lowest BCUT2D eigenvalue weighted by Gasteiger charge is -1.89. The third-order valence-electron chi connectivity index (χ3n) is 0.949. The van der Waals surface area contributed by atoms with Crippen LogP contribution < -0.4 is 5.32 Å². The summed E-state index contributed by atoms with van der Waals surface area (Å²) >= 11 is 1.15. The van der Waals surface area contributed by atoms with Crippen LogP contribution in [0.5, 0.6) is 0 Å². The highest BCUT2D eigenvalue weighted by Gasteiger charge is 2.05. The molecule has 0 radical (unpaired) electrons. The summed E-state index contributed by atoms with van der Waals surface area (Å²) in [6.45, 7) is 0.346.